The van der Waals surface area contributed by atoms with Crippen molar-refractivity contribution in [3.63, 3.8) is 0 Å². The molecule has 26 heavy (non-hydrogen) atoms. The van der Waals surface area contributed by atoms with Gasteiger partial charge in [-0.1, -0.05) is 41.6 Å². The summed E-state index contributed by atoms with van der Waals surface area (Å²) in [6.07, 6.45) is 5.93. The minimum absolute atomic E-state index is 0.242. The summed E-state index contributed by atoms with van der Waals surface area (Å²) in [4.78, 5) is 0. The van der Waals surface area contributed by atoms with Crippen LogP contribution in [0.1, 0.15) is 16.8 Å². The van der Waals surface area contributed by atoms with Gasteiger partial charge < -0.3 is 10.6 Å². The Bertz CT molecular complexity index is 837. The normalized spacial score (nSPS) is 11.0. The van der Waals surface area contributed by atoms with E-state index in [4.69, 9.17) is 0 Å². The lowest BCUT2D eigenvalue weighted by atomic mass is 10.1. The van der Waals surface area contributed by atoms with Crippen LogP contribution in [0.25, 0.3) is 12.2 Å². The average molecular weight is 351 g/mol. The number of anilines is 2. The second kappa shape index (κ2) is 8.80. The van der Waals surface area contributed by atoms with E-state index in [1.54, 1.807) is 6.20 Å². The standard InChI is InChI=1S/C20H22FN5/c1-22-18-8-4-16(5-9-18)2-3-17-6-10-19(11-7-17)23-14-20-15-26(13-12-21)25-24-20/h2-11,15,22-23H,12-14H2,1H3/b3-2+. The fourth-order valence-corrected chi connectivity index (χ4v) is 2.47. The van der Waals surface area contributed by atoms with E-state index < -0.39 is 6.67 Å². The van der Waals surface area contributed by atoms with Gasteiger partial charge in [0.15, 0.2) is 0 Å². The van der Waals surface area contributed by atoms with Crippen LogP contribution in [0.5, 0.6) is 0 Å². The van der Waals surface area contributed by atoms with Crippen molar-refractivity contribution in [2.45, 2.75) is 13.1 Å². The van der Waals surface area contributed by atoms with Crippen molar-refractivity contribution < 1.29 is 4.39 Å². The third kappa shape index (κ3) is 4.92. The molecular formula is C20H22FN5. The number of hydrogen-bond donors (Lipinski definition) is 2. The van der Waals surface area contributed by atoms with Crippen LogP contribution in [0.15, 0.2) is 54.7 Å². The molecule has 0 aliphatic rings. The molecule has 3 rings (SSSR count). The highest BCUT2D eigenvalue weighted by molar-refractivity contribution is 5.71. The predicted molar refractivity (Wildman–Crippen MR) is 105 cm³/mol. The molecule has 0 saturated heterocycles. The first-order chi connectivity index (χ1) is 12.8. The van der Waals surface area contributed by atoms with Gasteiger partial charge in [0.05, 0.1) is 19.3 Å². The van der Waals surface area contributed by atoms with E-state index in [9.17, 15) is 4.39 Å². The van der Waals surface area contributed by atoms with Gasteiger partial charge >= 0.3 is 0 Å². The third-order valence-corrected chi connectivity index (χ3v) is 3.95. The number of hydrogen-bond acceptors (Lipinski definition) is 4. The van der Waals surface area contributed by atoms with Crippen molar-refractivity contribution in [1.82, 2.24) is 15.0 Å². The molecule has 3 aromatic rings. The van der Waals surface area contributed by atoms with Crippen molar-refractivity contribution in [3.05, 3.63) is 71.5 Å². The van der Waals surface area contributed by atoms with E-state index in [0.717, 1.165) is 28.2 Å². The lowest BCUT2D eigenvalue weighted by Crippen LogP contribution is -2.00. The second-order valence-electron chi connectivity index (χ2n) is 5.84. The summed E-state index contributed by atoms with van der Waals surface area (Å²) in [5, 5.41) is 14.3. The smallest absolute Gasteiger partial charge is 0.109 e. The highest BCUT2D eigenvalue weighted by Crippen LogP contribution is 2.15. The Labute approximate surface area is 152 Å². The molecule has 1 aromatic heterocycles. The van der Waals surface area contributed by atoms with Gasteiger partial charge in [0.2, 0.25) is 0 Å². The number of aromatic nitrogens is 3. The molecule has 0 aliphatic carbocycles. The zero-order valence-corrected chi connectivity index (χ0v) is 14.7. The Morgan fingerprint density at radius 3 is 2.15 bits per heavy atom. The lowest BCUT2D eigenvalue weighted by Gasteiger charge is -2.04. The molecule has 0 aliphatic heterocycles. The summed E-state index contributed by atoms with van der Waals surface area (Å²) in [5.41, 5.74) is 5.17. The fourth-order valence-electron chi connectivity index (χ4n) is 2.47. The van der Waals surface area contributed by atoms with Crippen LogP contribution in [0.3, 0.4) is 0 Å². The van der Waals surface area contributed by atoms with Crippen LogP contribution in [0.2, 0.25) is 0 Å². The van der Waals surface area contributed by atoms with E-state index >= 15 is 0 Å². The molecule has 0 spiro atoms. The molecule has 2 N–H and O–H groups in total. The molecule has 2 aromatic carbocycles. The van der Waals surface area contributed by atoms with Crippen LogP contribution in [0.4, 0.5) is 15.8 Å². The van der Waals surface area contributed by atoms with Gasteiger partial charge in [-0.2, -0.15) is 0 Å². The van der Waals surface area contributed by atoms with Gasteiger partial charge in [-0.25, -0.2) is 9.07 Å². The third-order valence-electron chi connectivity index (χ3n) is 3.95. The number of benzene rings is 2. The summed E-state index contributed by atoms with van der Waals surface area (Å²) in [5.74, 6) is 0. The molecule has 5 nitrogen and oxygen atoms in total. The molecule has 6 heteroatoms. The maximum Gasteiger partial charge on any atom is 0.109 e. The Morgan fingerprint density at radius 2 is 1.58 bits per heavy atom. The van der Waals surface area contributed by atoms with Crippen molar-refractivity contribution >= 4 is 23.5 Å². The van der Waals surface area contributed by atoms with E-state index in [-0.39, 0.29) is 6.54 Å². The van der Waals surface area contributed by atoms with Gasteiger partial charge in [-0.15, -0.1) is 5.10 Å². The molecule has 0 unspecified atom stereocenters. The molecule has 0 atom stereocenters. The largest absolute Gasteiger partial charge is 0.388 e. The predicted octanol–water partition coefficient (Wildman–Crippen LogP) is 4.07. The lowest BCUT2D eigenvalue weighted by molar-refractivity contribution is 0.422. The minimum Gasteiger partial charge on any atom is -0.388 e. The number of aryl methyl sites for hydroxylation is 1. The molecule has 0 bridgehead atoms. The number of halogens is 1. The molecule has 1 heterocycles. The van der Waals surface area contributed by atoms with Crippen LogP contribution in [0, 0.1) is 0 Å². The molecule has 0 amide bonds. The maximum atomic E-state index is 12.3. The van der Waals surface area contributed by atoms with Crippen molar-refractivity contribution in [2.24, 2.45) is 0 Å². The summed E-state index contributed by atoms with van der Waals surface area (Å²) in [7, 11) is 1.91. The van der Waals surface area contributed by atoms with Crippen LogP contribution >= 0.6 is 0 Å². The maximum absolute atomic E-state index is 12.3. The topological polar surface area (TPSA) is 54.8 Å². The van der Waals surface area contributed by atoms with E-state index in [1.165, 1.54) is 4.68 Å². The number of nitrogens with one attached hydrogen (secondary N) is 2. The quantitative estimate of drug-likeness (QED) is 0.601. The summed E-state index contributed by atoms with van der Waals surface area (Å²) in [6, 6.07) is 16.4. The van der Waals surface area contributed by atoms with Crippen LogP contribution in [-0.4, -0.2) is 28.7 Å². The van der Waals surface area contributed by atoms with Gasteiger partial charge in [-0.05, 0) is 35.4 Å². The van der Waals surface area contributed by atoms with Gasteiger partial charge in [0.25, 0.3) is 0 Å². The van der Waals surface area contributed by atoms with Gasteiger partial charge in [0.1, 0.15) is 12.4 Å². The Hall–Kier alpha value is -3.15. The molecular weight excluding hydrogens is 329 g/mol. The molecule has 0 radical (unpaired) electrons. The minimum atomic E-state index is -0.440. The molecule has 0 saturated carbocycles. The van der Waals surface area contributed by atoms with Crippen molar-refractivity contribution in [3.8, 4) is 0 Å². The highest BCUT2D eigenvalue weighted by Gasteiger charge is 2.00. The molecule has 0 fully saturated rings. The first kappa shape index (κ1) is 17.7. The first-order valence-corrected chi connectivity index (χ1v) is 8.51. The van der Waals surface area contributed by atoms with Crippen LogP contribution < -0.4 is 10.6 Å². The summed E-state index contributed by atoms with van der Waals surface area (Å²) in [6.45, 7) is 0.357. The van der Waals surface area contributed by atoms with Gasteiger partial charge in [-0.3, -0.25) is 0 Å². The summed E-state index contributed by atoms with van der Waals surface area (Å²) < 4.78 is 13.8. The van der Waals surface area contributed by atoms with Crippen LogP contribution in [-0.2, 0) is 13.1 Å². The first-order valence-electron chi connectivity index (χ1n) is 8.51. The van der Waals surface area contributed by atoms with E-state index in [2.05, 4.69) is 69.5 Å². The number of nitrogens with zero attached hydrogens (tertiary/aromatic N) is 3. The van der Waals surface area contributed by atoms with Gasteiger partial charge in [0, 0.05) is 18.4 Å². The number of alkyl halides is 1. The summed E-state index contributed by atoms with van der Waals surface area (Å²) >= 11 is 0. The average Bonchev–Trinajstić information content (AvgIpc) is 3.14. The second-order valence-corrected chi connectivity index (χ2v) is 5.84. The monoisotopic (exact) mass is 351 g/mol. The Balaban J connectivity index is 1.54. The van der Waals surface area contributed by atoms with Crippen molar-refractivity contribution in [1.29, 1.82) is 0 Å². The molecule has 134 valence electrons. The number of rotatable bonds is 8. The van der Waals surface area contributed by atoms with E-state index in [1.807, 2.05) is 19.2 Å². The highest BCUT2D eigenvalue weighted by atomic mass is 19.1. The Kier molecular flexibility index (Phi) is 5.98. The van der Waals surface area contributed by atoms with Crippen molar-refractivity contribution in [2.75, 3.05) is 24.4 Å². The zero-order chi connectivity index (χ0) is 18.2. The SMILES string of the molecule is CNc1ccc(/C=C/c2ccc(NCc3cn(CCF)nn3)cc2)cc1. The Morgan fingerprint density at radius 1 is 0.962 bits per heavy atom. The fraction of sp³-hybridized carbons (Fsp3) is 0.200. The van der Waals surface area contributed by atoms with E-state index in [0.29, 0.717) is 6.54 Å². The zero-order valence-electron chi connectivity index (χ0n) is 14.7.